The van der Waals surface area contributed by atoms with Gasteiger partial charge in [-0.1, -0.05) is 24.3 Å². The lowest BCUT2D eigenvalue weighted by Crippen LogP contribution is -2.40. The van der Waals surface area contributed by atoms with Crippen LogP contribution < -0.4 is 5.32 Å². The Kier molecular flexibility index (Phi) is 6.78. The van der Waals surface area contributed by atoms with Crippen LogP contribution >= 0.6 is 0 Å². The summed E-state index contributed by atoms with van der Waals surface area (Å²) in [6, 6.07) is 16.8. The Morgan fingerprint density at radius 2 is 1.85 bits per heavy atom. The van der Waals surface area contributed by atoms with Crippen LogP contribution in [0.3, 0.4) is 0 Å². The van der Waals surface area contributed by atoms with Crippen LogP contribution in [-0.2, 0) is 14.8 Å². The minimum atomic E-state index is -3.84. The Balaban J connectivity index is 1.58. The number of hydrogen-bond acceptors (Lipinski definition) is 7. The van der Waals surface area contributed by atoms with Crippen LogP contribution in [0, 0.1) is 10.1 Å². The average Bonchev–Trinajstić information content (AvgIpc) is 2.84. The zero-order valence-corrected chi connectivity index (χ0v) is 18.4. The van der Waals surface area contributed by atoms with E-state index in [1.165, 1.54) is 16.4 Å². The fourth-order valence-electron chi connectivity index (χ4n) is 3.40. The van der Waals surface area contributed by atoms with E-state index in [9.17, 15) is 18.5 Å². The number of pyridine rings is 1. The number of ether oxygens (including phenoxy) is 1. The van der Waals surface area contributed by atoms with E-state index in [0.29, 0.717) is 18.9 Å². The smallest absolute Gasteiger partial charge is 0.294 e. The number of anilines is 2. The van der Waals surface area contributed by atoms with Crippen molar-refractivity contribution in [3.05, 3.63) is 88.2 Å². The topological polar surface area (TPSA) is 115 Å². The molecule has 9 nitrogen and oxygen atoms in total. The predicted molar refractivity (Wildman–Crippen MR) is 126 cm³/mol. The first kappa shape index (κ1) is 22.6. The minimum Gasteiger partial charge on any atom is -0.379 e. The maximum Gasteiger partial charge on any atom is 0.294 e. The highest BCUT2D eigenvalue weighted by atomic mass is 32.2. The summed E-state index contributed by atoms with van der Waals surface area (Å²) < 4.78 is 32.2. The average molecular weight is 467 g/mol. The summed E-state index contributed by atoms with van der Waals surface area (Å²) in [5, 5.41) is 14.7. The van der Waals surface area contributed by atoms with E-state index in [4.69, 9.17) is 4.74 Å². The molecule has 1 N–H and O–H groups in total. The van der Waals surface area contributed by atoms with Gasteiger partial charge in [0, 0.05) is 31.0 Å². The summed E-state index contributed by atoms with van der Waals surface area (Å²) in [4.78, 5) is 15.2. The highest BCUT2D eigenvalue weighted by Gasteiger charge is 2.28. The lowest BCUT2D eigenvalue weighted by atomic mass is 10.1. The first-order chi connectivity index (χ1) is 15.9. The van der Waals surface area contributed by atoms with Gasteiger partial charge in [-0.3, -0.25) is 15.1 Å². The number of nitrogens with zero attached hydrogens (tertiary/aromatic N) is 3. The van der Waals surface area contributed by atoms with Gasteiger partial charge in [0.2, 0.25) is 10.0 Å². The number of rotatable bonds is 7. The van der Waals surface area contributed by atoms with E-state index in [1.807, 2.05) is 48.6 Å². The van der Waals surface area contributed by atoms with Crippen LogP contribution in [0.4, 0.5) is 17.1 Å². The van der Waals surface area contributed by atoms with Gasteiger partial charge in [0.05, 0.1) is 28.7 Å². The second-order valence-electron chi connectivity index (χ2n) is 7.29. The van der Waals surface area contributed by atoms with E-state index in [2.05, 4.69) is 10.3 Å². The zero-order valence-electron chi connectivity index (χ0n) is 17.6. The van der Waals surface area contributed by atoms with Crippen molar-refractivity contribution in [2.75, 3.05) is 31.6 Å². The van der Waals surface area contributed by atoms with Crippen LogP contribution in [0.25, 0.3) is 12.2 Å². The van der Waals surface area contributed by atoms with Crippen molar-refractivity contribution in [3.8, 4) is 0 Å². The second kappa shape index (κ2) is 9.90. The van der Waals surface area contributed by atoms with Crippen molar-refractivity contribution in [3.63, 3.8) is 0 Å². The number of nitrogens with one attached hydrogen (secondary N) is 1. The van der Waals surface area contributed by atoms with Crippen molar-refractivity contribution in [1.82, 2.24) is 9.29 Å². The molecular weight excluding hydrogens is 444 g/mol. The third-order valence-corrected chi connectivity index (χ3v) is 6.97. The van der Waals surface area contributed by atoms with Crippen LogP contribution in [0.1, 0.15) is 11.3 Å². The number of sulfonamides is 1. The zero-order chi connectivity index (χ0) is 23.3. The minimum absolute atomic E-state index is 0.117. The third-order valence-electron chi connectivity index (χ3n) is 5.07. The molecule has 0 saturated carbocycles. The molecular formula is C23H22N4O5S. The van der Waals surface area contributed by atoms with Gasteiger partial charge < -0.3 is 10.1 Å². The number of hydrogen-bond donors (Lipinski definition) is 1. The van der Waals surface area contributed by atoms with E-state index >= 15 is 0 Å². The molecule has 0 amide bonds. The van der Waals surface area contributed by atoms with Crippen molar-refractivity contribution in [1.29, 1.82) is 0 Å². The van der Waals surface area contributed by atoms with E-state index in [0.717, 1.165) is 17.3 Å². The van der Waals surface area contributed by atoms with Crippen molar-refractivity contribution >= 4 is 39.2 Å². The van der Waals surface area contributed by atoms with E-state index in [-0.39, 0.29) is 29.4 Å². The third kappa shape index (κ3) is 5.43. The number of benzene rings is 2. The summed E-state index contributed by atoms with van der Waals surface area (Å²) in [7, 11) is -3.84. The van der Waals surface area contributed by atoms with Gasteiger partial charge in [0.15, 0.2) is 0 Å². The van der Waals surface area contributed by atoms with Gasteiger partial charge in [-0.2, -0.15) is 4.31 Å². The predicted octanol–water partition coefficient (Wildman–Crippen LogP) is 3.92. The van der Waals surface area contributed by atoms with Crippen LogP contribution in [0.5, 0.6) is 0 Å². The van der Waals surface area contributed by atoms with E-state index < -0.39 is 14.9 Å². The van der Waals surface area contributed by atoms with Crippen LogP contribution in [0.2, 0.25) is 0 Å². The van der Waals surface area contributed by atoms with Gasteiger partial charge >= 0.3 is 0 Å². The van der Waals surface area contributed by atoms with Crippen molar-refractivity contribution in [2.24, 2.45) is 0 Å². The highest BCUT2D eigenvalue weighted by molar-refractivity contribution is 7.89. The summed E-state index contributed by atoms with van der Waals surface area (Å²) in [6.45, 7) is 1.03. The van der Waals surface area contributed by atoms with Crippen molar-refractivity contribution < 1.29 is 18.1 Å². The maximum absolute atomic E-state index is 12.9. The van der Waals surface area contributed by atoms with Gasteiger partial charge in [0.25, 0.3) is 5.69 Å². The Morgan fingerprint density at radius 1 is 1.03 bits per heavy atom. The molecule has 4 rings (SSSR count). The summed E-state index contributed by atoms with van der Waals surface area (Å²) >= 11 is 0. The molecule has 0 bridgehead atoms. The number of nitro benzene ring substituents is 1. The van der Waals surface area contributed by atoms with Crippen LogP contribution in [-0.4, -0.2) is 48.9 Å². The summed E-state index contributed by atoms with van der Waals surface area (Å²) in [6.07, 6.45) is 5.46. The lowest BCUT2D eigenvalue weighted by molar-refractivity contribution is -0.384. The largest absolute Gasteiger partial charge is 0.379 e. The molecule has 0 spiro atoms. The standard InChI is InChI=1S/C23H22N4O5S/c28-27(29)23-17-21(33(30,31)26-12-14-32-15-13-26)9-10-22(23)25-20-6-3-4-18(16-20)7-8-19-5-1-2-11-24-19/h1-11,16-17,25H,12-15H2. The molecule has 1 saturated heterocycles. The highest BCUT2D eigenvalue weighted by Crippen LogP contribution is 2.31. The maximum atomic E-state index is 12.9. The number of aromatic nitrogens is 1. The molecule has 1 aliphatic heterocycles. The molecule has 1 aromatic heterocycles. The number of nitro groups is 1. The molecule has 10 heteroatoms. The fourth-order valence-corrected chi connectivity index (χ4v) is 4.82. The molecule has 170 valence electrons. The molecule has 0 radical (unpaired) electrons. The molecule has 0 aliphatic carbocycles. The molecule has 1 fully saturated rings. The fraction of sp³-hybridized carbons (Fsp3) is 0.174. The quantitative estimate of drug-likeness (QED) is 0.414. The van der Waals surface area contributed by atoms with Gasteiger partial charge in [-0.25, -0.2) is 8.42 Å². The normalized spacial score (nSPS) is 14.9. The Bertz CT molecular complexity index is 1270. The molecule has 33 heavy (non-hydrogen) atoms. The van der Waals surface area contributed by atoms with Gasteiger partial charge in [-0.05, 0) is 48.0 Å². The van der Waals surface area contributed by atoms with Crippen molar-refractivity contribution in [2.45, 2.75) is 4.90 Å². The Morgan fingerprint density at radius 3 is 2.58 bits per heavy atom. The summed E-state index contributed by atoms with van der Waals surface area (Å²) in [5.74, 6) is 0. The molecule has 1 aliphatic rings. The van der Waals surface area contributed by atoms with Gasteiger partial charge in [-0.15, -0.1) is 0 Å². The van der Waals surface area contributed by atoms with E-state index in [1.54, 1.807) is 12.3 Å². The molecule has 0 unspecified atom stereocenters. The SMILES string of the molecule is O=[N+]([O-])c1cc(S(=O)(=O)N2CCOCC2)ccc1Nc1cccc(C=Cc2ccccn2)c1. The molecule has 2 heterocycles. The molecule has 0 atom stereocenters. The second-order valence-corrected chi connectivity index (χ2v) is 9.23. The summed E-state index contributed by atoms with van der Waals surface area (Å²) in [5.41, 5.74) is 2.19. The first-order valence-corrected chi connectivity index (χ1v) is 11.7. The number of morpholine rings is 1. The lowest BCUT2D eigenvalue weighted by Gasteiger charge is -2.26. The molecule has 3 aromatic rings. The van der Waals surface area contributed by atoms with Crippen LogP contribution in [0.15, 0.2) is 71.8 Å². The first-order valence-electron chi connectivity index (χ1n) is 10.3. The van der Waals surface area contributed by atoms with Gasteiger partial charge in [0.1, 0.15) is 5.69 Å². The monoisotopic (exact) mass is 466 g/mol. The Labute approximate surface area is 191 Å². The molecule has 2 aromatic carbocycles. The Hall–Kier alpha value is -3.60.